The lowest BCUT2D eigenvalue weighted by atomic mass is 9.77. The molecule has 0 heterocycles. The van der Waals surface area contributed by atoms with Gasteiger partial charge in [0, 0.05) is 19.6 Å². The number of Topliss-reactive ketones (excluding diaryl/α,β-unsaturated/α-hetero) is 2. The molecule has 2 atom stereocenters. The van der Waals surface area contributed by atoms with Crippen LogP contribution in [0.15, 0.2) is 17.0 Å². The summed E-state index contributed by atoms with van der Waals surface area (Å²) in [6, 6.07) is 1.11. The number of carbonyl (C=O) groups excluding carboxylic acids is 2. The number of carbonyl (C=O) groups is 2. The van der Waals surface area contributed by atoms with Crippen LogP contribution in [0.4, 0.5) is 5.69 Å². The number of phenolic OH excluding ortho intramolecular Hbond substituents is 1. The fourth-order valence-electron chi connectivity index (χ4n) is 3.92. The van der Waals surface area contributed by atoms with E-state index in [4.69, 9.17) is 11.6 Å². The van der Waals surface area contributed by atoms with E-state index in [0.29, 0.717) is 0 Å². The second-order valence-electron chi connectivity index (χ2n) is 8.15. The van der Waals surface area contributed by atoms with Crippen molar-refractivity contribution in [3.63, 3.8) is 0 Å². The predicted octanol–water partition coefficient (Wildman–Crippen LogP) is 1.91. The van der Waals surface area contributed by atoms with Crippen LogP contribution in [0.1, 0.15) is 39.0 Å². The quantitative estimate of drug-likeness (QED) is 0.454. The molecule has 2 fully saturated rings. The highest BCUT2D eigenvalue weighted by atomic mass is 35.5. The van der Waals surface area contributed by atoms with Crippen molar-refractivity contribution in [3.8, 4) is 5.75 Å². The van der Waals surface area contributed by atoms with Crippen molar-refractivity contribution in [2.45, 2.75) is 61.5 Å². The zero-order chi connectivity index (χ0) is 21.6. The number of ketones is 2. The van der Waals surface area contributed by atoms with Gasteiger partial charge in [-0.15, -0.1) is 0 Å². The number of rotatable bonds is 6. The normalized spacial score (nSPS) is 24.4. The molecular weight excluding hydrogens is 418 g/mol. The number of hydrogen-bond donors (Lipinski definition) is 3. The number of hydrogen-bond acceptors (Lipinski definition) is 7. The topological polar surface area (TPSA) is 116 Å². The second kappa shape index (κ2) is 7.86. The zero-order valence-corrected chi connectivity index (χ0v) is 18.2. The summed E-state index contributed by atoms with van der Waals surface area (Å²) in [4.78, 5) is 24.0. The van der Waals surface area contributed by atoms with Crippen LogP contribution in [-0.4, -0.2) is 61.1 Å². The fraction of sp³-hybridized carbons (Fsp3) is 0.579. The summed E-state index contributed by atoms with van der Waals surface area (Å²) in [7, 11) is -1.36. The van der Waals surface area contributed by atoms with Crippen LogP contribution in [0, 0.1) is 0 Å². The molecule has 1 aromatic carbocycles. The van der Waals surface area contributed by atoms with E-state index in [-0.39, 0.29) is 16.2 Å². The van der Waals surface area contributed by atoms with Gasteiger partial charge < -0.3 is 10.4 Å². The third-order valence-electron chi connectivity index (χ3n) is 5.74. The number of phenols is 1. The molecule has 0 saturated heterocycles. The van der Waals surface area contributed by atoms with Crippen molar-refractivity contribution in [3.05, 3.63) is 17.2 Å². The van der Waals surface area contributed by atoms with E-state index >= 15 is 0 Å². The van der Waals surface area contributed by atoms with E-state index in [0.717, 1.165) is 36.4 Å². The van der Waals surface area contributed by atoms with E-state index < -0.39 is 44.3 Å². The molecule has 29 heavy (non-hydrogen) atoms. The first-order chi connectivity index (χ1) is 13.5. The standard InChI is InChI=1S/C19H26ClN3O5S/c1-19(9-5-4-6-10-19)22-14-13(16(25)17(14)26)21-12-8-7-11(20)18(15(12)24)29(27,28)23(2)3/h7-8,13-14,21-22,24H,4-6,9-10H2,1-3H3. The van der Waals surface area contributed by atoms with Gasteiger partial charge in [0.25, 0.3) is 0 Å². The van der Waals surface area contributed by atoms with E-state index in [2.05, 4.69) is 10.6 Å². The molecule has 160 valence electrons. The highest BCUT2D eigenvalue weighted by molar-refractivity contribution is 7.89. The maximum atomic E-state index is 12.5. The molecule has 0 aromatic heterocycles. The Balaban J connectivity index is 1.87. The molecule has 2 aliphatic carbocycles. The van der Waals surface area contributed by atoms with Crippen molar-refractivity contribution < 1.29 is 23.1 Å². The molecule has 3 rings (SSSR count). The van der Waals surface area contributed by atoms with Gasteiger partial charge in [0.2, 0.25) is 21.6 Å². The summed E-state index contributed by atoms with van der Waals surface area (Å²) in [6.07, 6.45) is 5.09. The first kappa shape index (κ1) is 22.0. The number of sulfonamides is 1. The van der Waals surface area contributed by atoms with Crippen LogP contribution in [-0.2, 0) is 19.6 Å². The minimum Gasteiger partial charge on any atom is -0.504 e. The van der Waals surface area contributed by atoms with Gasteiger partial charge in [-0.1, -0.05) is 30.9 Å². The van der Waals surface area contributed by atoms with E-state index in [1.54, 1.807) is 0 Å². The lowest BCUT2D eigenvalue weighted by molar-refractivity contribution is -0.146. The van der Waals surface area contributed by atoms with Gasteiger partial charge in [-0.25, -0.2) is 12.7 Å². The van der Waals surface area contributed by atoms with Gasteiger partial charge in [0.05, 0.1) is 10.7 Å². The predicted molar refractivity (Wildman–Crippen MR) is 110 cm³/mol. The molecule has 8 nitrogen and oxygen atoms in total. The van der Waals surface area contributed by atoms with Gasteiger partial charge >= 0.3 is 0 Å². The number of nitrogens with one attached hydrogen (secondary N) is 2. The van der Waals surface area contributed by atoms with E-state index in [1.165, 1.54) is 26.2 Å². The minimum atomic E-state index is -4.01. The van der Waals surface area contributed by atoms with Crippen molar-refractivity contribution in [2.24, 2.45) is 0 Å². The molecule has 0 amide bonds. The second-order valence-corrected chi connectivity index (χ2v) is 10.6. The summed E-state index contributed by atoms with van der Waals surface area (Å²) in [5.41, 5.74) is -0.206. The van der Waals surface area contributed by atoms with Crippen molar-refractivity contribution in [1.82, 2.24) is 9.62 Å². The molecule has 2 unspecified atom stereocenters. The Labute approximate surface area is 175 Å². The number of halogens is 1. The Bertz CT molecular complexity index is 941. The molecule has 3 N–H and O–H groups in total. The van der Waals surface area contributed by atoms with Gasteiger partial charge in [-0.2, -0.15) is 0 Å². The molecule has 0 aliphatic heterocycles. The maximum Gasteiger partial charge on any atom is 0.247 e. The van der Waals surface area contributed by atoms with Crippen LogP contribution in [0.3, 0.4) is 0 Å². The molecule has 2 saturated carbocycles. The van der Waals surface area contributed by atoms with Gasteiger partial charge in [-0.3, -0.25) is 14.9 Å². The van der Waals surface area contributed by atoms with Crippen molar-refractivity contribution >= 4 is 38.9 Å². The van der Waals surface area contributed by atoms with Crippen molar-refractivity contribution in [1.29, 1.82) is 0 Å². The fourth-order valence-corrected chi connectivity index (χ4v) is 5.40. The van der Waals surface area contributed by atoms with Crippen LogP contribution in [0.2, 0.25) is 5.02 Å². The molecule has 2 aliphatic rings. The number of aromatic hydroxyl groups is 1. The maximum absolute atomic E-state index is 12.5. The Morgan fingerprint density at radius 3 is 2.28 bits per heavy atom. The number of anilines is 1. The summed E-state index contributed by atoms with van der Waals surface area (Å²) >= 11 is 6.02. The SMILES string of the molecule is CN(C)S(=O)(=O)c1c(Cl)ccc(NC2C(=O)C(=O)C2NC2(C)CCCCC2)c1O. The summed E-state index contributed by atoms with van der Waals surface area (Å²) in [6.45, 7) is 2.04. The van der Waals surface area contributed by atoms with Crippen LogP contribution < -0.4 is 10.6 Å². The highest BCUT2D eigenvalue weighted by Crippen LogP contribution is 2.39. The molecule has 10 heteroatoms. The first-order valence-electron chi connectivity index (χ1n) is 9.54. The Morgan fingerprint density at radius 1 is 1.10 bits per heavy atom. The minimum absolute atomic E-state index is 0.0290. The zero-order valence-electron chi connectivity index (χ0n) is 16.7. The smallest absolute Gasteiger partial charge is 0.247 e. The lowest BCUT2D eigenvalue weighted by Gasteiger charge is -2.43. The summed E-state index contributed by atoms with van der Waals surface area (Å²) in [5.74, 6) is -1.70. The summed E-state index contributed by atoms with van der Waals surface area (Å²) in [5, 5.41) is 16.6. The number of benzene rings is 1. The Kier molecular flexibility index (Phi) is 5.97. The largest absolute Gasteiger partial charge is 0.504 e. The Morgan fingerprint density at radius 2 is 1.69 bits per heavy atom. The van der Waals surface area contributed by atoms with Gasteiger partial charge in [-0.05, 0) is 31.9 Å². The molecular formula is C19H26ClN3O5S. The third kappa shape index (κ3) is 4.01. The first-order valence-corrected chi connectivity index (χ1v) is 11.4. The molecule has 0 bridgehead atoms. The third-order valence-corrected chi connectivity index (χ3v) is 8.05. The van der Waals surface area contributed by atoms with Crippen LogP contribution >= 0.6 is 11.6 Å². The van der Waals surface area contributed by atoms with Crippen molar-refractivity contribution in [2.75, 3.05) is 19.4 Å². The van der Waals surface area contributed by atoms with E-state index in [1.807, 2.05) is 6.92 Å². The Hall–Kier alpha value is -1.68. The van der Waals surface area contributed by atoms with E-state index in [9.17, 15) is 23.1 Å². The molecule has 0 spiro atoms. The van der Waals surface area contributed by atoms with Crippen LogP contribution in [0.25, 0.3) is 0 Å². The molecule has 1 aromatic rings. The van der Waals surface area contributed by atoms with Gasteiger partial charge in [0.1, 0.15) is 17.0 Å². The molecule has 0 radical (unpaired) electrons. The van der Waals surface area contributed by atoms with Crippen LogP contribution in [0.5, 0.6) is 5.75 Å². The monoisotopic (exact) mass is 443 g/mol. The summed E-state index contributed by atoms with van der Waals surface area (Å²) < 4.78 is 25.9. The average molecular weight is 444 g/mol. The van der Waals surface area contributed by atoms with Gasteiger partial charge in [0.15, 0.2) is 5.75 Å². The number of nitrogens with zero attached hydrogens (tertiary/aromatic N) is 1. The average Bonchev–Trinajstić information content (AvgIpc) is 2.66. The lowest BCUT2D eigenvalue weighted by Crippen LogP contribution is -2.70. The highest BCUT2D eigenvalue weighted by Gasteiger charge is 2.51.